The van der Waals surface area contributed by atoms with Crippen LogP contribution in [0.25, 0.3) is 0 Å². The molecular formula is C13H14Br2N2O3S. The largest absolute Gasteiger partial charge is 0.469 e. The molecule has 2 rings (SSSR count). The molecule has 1 aromatic heterocycles. The Morgan fingerprint density at radius 1 is 1.38 bits per heavy atom. The zero-order chi connectivity index (χ0) is 15.6. The maximum atomic E-state index is 12.5. The Kier molecular flexibility index (Phi) is 5.13. The van der Waals surface area contributed by atoms with Gasteiger partial charge in [0, 0.05) is 21.4 Å². The molecule has 0 bridgehead atoms. The number of sulfonamides is 1. The van der Waals surface area contributed by atoms with Gasteiger partial charge in [0.15, 0.2) is 0 Å². The van der Waals surface area contributed by atoms with Gasteiger partial charge in [0.1, 0.15) is 10.7 Å². The van der Waals surface area contributed by atoms with Crippen molar-refractivity contribution in [2.24, 2.45) is 0 Å². The molecule has 0 amide bonds. The molecule has 0 spiro atoms. The lowest BCUT2D eigenvalue weighted by Gasteiger charge is -2.15. The summed E-state index contributed by atoms with van der Waals surface area (Å²) in [7, 11) is -3.73. The third-order valence-corrected chi connectivity index (χ3v) is 5.80. The summed E-state index contributed by atoms with van der Waals surface area (Å²) in [6, 6.07) is 6.43. The quantitative estimate of drug-likeness (QED) is 0.702. The number of nitrogens with two attached hydrogens (primary N) is 1. The molecule has 0 fully saturated rings. The van der Waals surface area contributed by atoms with Crippen molar-refractivity contribution in [1.29, 1.82) is 0 Å². The minimum absolute atomic E-state index is 0.0389. The normalized spacial score (nSPS) is 13.3. The Morgan fingerprint density at radius 3 is 2.67 bits per heavy atom. The fourth-order valence-electron chi connectivity index (χ4n) is 1.96. The SMILES string of the molecule is CC(Cc1ccco1)NS(=O)(=O)c1c(N)cc(Br)cc1Br. The van der Waals surface area contributed by atoms with Crippen LogP contribution in [0.4, 0.5) is 5.69 Å². The molecule has 1 aromatic carbocycles. The van der Waals surface area contributed by atoms with Crippen LogP contribution < -0.4 is 10.5 Å². The van der Waals surface area contributed by atoms with Gasteiger partial charge < -0.3 is 10.2 Å². The molecule has 0 radical (unpaired) electrons. The van der Waals surface area contributed by atoms with E-state index in [-0.39, 0.29) is 16.6 Å². The van der Waals surface area contributed by atoms with Gasteiger partial charge in [0.25, 0.3) is 0 Å². The minimum Gasteiger partial charge on any atom is -0.469 e. The summed E-state index contributed by atoms with van der Waals surface area (Å²) in [5.41, 5.74) is 6.00. The first-order valence-corrected chi connectivity index (χ1v) is 9.16. The number of nitrogen functional groups attached to an aromatic ring is 1. The van der Waals surface area contributed by atoms with Crippen LogP contribution in [0.2, 0.25) is 0 Å². The van der Waals surface area contributed by atoms with E-state index in [4.69, 9.17) is 10.2 Å². The molecule has 0 aliphatic carbocycles. The summed E-state index contributed by atoms with van der Waals surface area (Å²) in [4.78, 5) is 0.0389. The van der Waals surface area contributed by atoms with Crippen molar-refractivity contribution in [3.8, 4) is 0 Å². The summed E-state index contributed by atoms with van der Waals surface area (Å²) in [5.74, 6) is 0.716. The van der Waals surface area contributed by atoms with Crippen LogP contribution in [0, 0.1) is 0 Å². The van der Waals surface area contributed by atoms with Crippen molar-refractivity contribution in [2.45, 2.75) is 24.3 Å². The van der Waals surface area contributed by atoms with Gasteiger partial charge in [-0.05, 0) is 47.1 Å². The molecule has 1 heterocycles. The second-order valence-electron chi connectivity index (χ2n) is 4.61. The molecule has 2 aromatic rings. The first-order chi connectivity index (χ1) is 9.79. The maximum Gasteiger partial charge on any atom is 0.244 e. The smallest absolute Gasteiger partial charge is 0.244 e. The van der Waals surface area contributed by atoms with Crippen molar-refractivity contribution in [3.63, 3.8) is 0 Å². The summed E-state index contributed by atoms with van der Waals surface area (Å²) < 4.78 is 33.8. The van der Waals surface area contributed by atoms with Gasteiger partial charge in [-0.15, -0.1) is 0 Å². The molecule has 0 saturated carbocycles. The fourth-order valence-corrected chi connectivity index (χ4v) is 5.27. The van der Waals surface area contributed by atoms with Crippen LogP contribution in [0.5, 0.6) is 0 Å². The second kappa shape index (κ2) is 6.51. The molecular weight excluding hydrogens is 424 g/mol. The van der Waals surface area contributed by atoms with Crippen LogP contribution in [0.1, 0.15) is 12.7 Å². The predicted octanol–water partition coefficient (Wildman–Crippen LogP) is 3.30. The van der Waals surface area contributed by atoms with Gasteiger partial charge >= 0.3 is 0 Å². The number of nitrogens with one attached hydrogen (secondary N) is 1. The molecule has 0 saturated heterocycles. The standard InChI is InChI=1S/C13H14Br2N2O3S/c1-8(5-10-3-2-4-20-10)17-21(18,19)13-11(15)6-9(14)7-12(13)16/h2-4,6-8,17H,5,16H2,1H3. The average Bonchev–Trinajstić information content (AvgIpc) is 2.78. The molecule has 5 nitrogen and oxygen atoms in total. The molecule has 114 valence electrons. The number of hydrogen-bond donors (Lipinski definition) is 2. The zero-order valence-electron chi connectivity index (χ0n) is 11.1. The zero-order valence-corrected chi connectivity index (χ0v) is 15.1. The topological polar surface area (TPSA) is 85.3 Å². The monoisotopic (exact) mass is 436 g/mol. The highest BCUT2D eigenvalue weighted by Gasteiger charge is 2.24. The first kappa shape index (κ1) is 16.5. The van der Waals surface area contributed by atoms with Crippen molar-refractivity contribution in [1.82, 2.24) is 4.72 Å². The van der Waals surface area contributed by atoms with E-state index in [2.05, 4.69) is 36.6 Å². The summed E-state index contributed by atoms with van der Waals surface area (Å²) >= 11 is 6.50. The number of halogens is 2. The van der Waals surface area contributed by atoms with Gasteiger partial charge in [-0.25, -0.2) is 13.1 Å². The average molecular weight is 438 g/mol. The van der Waals surface area contributed by atoms with Crippen molar-refractivity contribution >= 4 is 47.6 Å². The van der Waals surface area contributed by atoms with Gasteiger partial charge in [0.2, 0.25) is 10.0 Å². The Labute approximate surface area is 140 Å². The Balaban J connectivity index is 2.22. The van der Waals surface area contributed by atoms with Crippen LogP contribution in [0.15, 0.2) is 48.8 Å². The van der Waals surface area contributed by atoms with E-state index in [9.17, 15) is 8.42 Å². The van der Waals surface area contributed by atoms with Gasteiger partial charge in [0.05, 0.1) is 12.0 Å². The molecule has 0 aliphatic heterocycles. The van der Waals surface area contributed by atoms with Crippen molar-refractivity contribution in [3.05, 3.63) is 45.2 Å². The van der Waals surface area contributed by atoms with Crippen molar-refractivity contribution < 1.29 is 12.8 Å². The van der Waals surface area contributed by atoms with E-state index in [1.165, 1.54) is 0 Å². The first-order valence-electron chi connectivity index (χ1n) is 6.09. The van der Waals surface area contributed by atoms with Gasteiger partial charge in [-0.1, -0.05) is 15.9 Å². The fraction of sp³-hybridized carbons (Fsp3) is 0.231. The van der Waals surface area contributed by atoms with E-state index < -0.39 is 10.0 Å². The second-order valence-corrected chi connectivity index (χ2v) is 8.03. The number of anilines is 1. The molecule has 21 heavy (non-hydrogen) atoms. The van der Waals surface area contributed by atoms with Gasteiger partial charge in [-0.2, -0.15) is 0 Å². The molecule has 8 heteroatoms. The van der Waals surface area contributed by atoms with Crippen LogP contribution in [0.3, 0.4) is 0 Å². The van der Waals surface area contributed by atoms with E-state index in [1.54, 1.807) is 37.5 Å². The van der Waals surface area contributed by atoms with Crippen LogP contribution >= 0.6 is 31.9 Å². The van der Waals surface area contributed by atoms with E-state index >= 15 is 0 Å². The third-order valence-electron chi connectivity index (χ3n) is 2.75. The number of benzene rings is 1. The van der Waals surface area contributed by atoms with Crippen molar-refractivity contribution in [2.75, 3.05) is 5.73 Å². The lowest BCUT2D eigenvalue weighted by Crippen LogP contribution is -2.34. The molecule has 1 atom stereocenters. The highest BCUT2D eigenvalue weighted by molar-refractivity contribution is 9.11. The Morgan fingerprint density at radius 2 is 2.10 bits per heavy atom. The lowest BCUT2D eigenvalue weighted by atomic mass is 10.2. The van der Waals surface area contributed by atoms with E-state index in [0.29, 0.717) is 21.1 Å². The Bertz CT molecular complexity index is 707. The summed E-state index contributed by atoms with van der Waals surface area (Å²) in [6.45, 7) is 1.77. The van der Waals surface area contributed by atoms with Gasteiger partial charge in [-0.3, -0.25) is 0 Å². The van der Waals surface area contributed by atoms with Crippen LogP contribution in [-0.2, 0) is 16.4 Å². The summed E-state index contributed by atoms with van der Waals surface area (Å²) in [6.07, 6.45) is 2.01. The van der Waals surface area contributed by atoms with E-state index in [0.717, 1.165) is 0 Å². The van der Waals surface area contributed by atoms with E-state index in [1.807, 2.05) is 0 Å². The molecule has 1 unspecified atom stereocenters. The number of hydrogen-bond acceptors (Lipinski definition) is 4. The maximum absolute atomic E-state index is 12.5. The highest BCUT2D eigenvalue weighted by atomic mass is 79.9. The summed E-state index contributed by atoms with van der Waals surface area (Å²) in [5, 5.41) is 0. The predicted molar refractivity (Wildman–Crippen MR) is 88.4 cm³/mol. The highest BCUT2D eigenvalue weighted by Crippen LogP contribution is 2.31. The molecule has 3 N–H and O–H groups in total. The van der Waals surface area contributed by atoms with Crippen LogP contribution in [-0.4, -0.2) is 14.5 Å². The number of rotatable bonds is 5. The Hall–Kier alpha value is -0.830. The third kappa shape index (κ3) is 4.09. The molecule has 0 aliphatic rings. The number of furan rings is 1. The lowest BCUT2D eigenvalue weighted by molar-refractivity contribution is 0.479. The minimum atomic E-state index is -3.73.